The molecule has 3 heteroatoms. The number of nitrogens with zero attached hydrogens (tertiary/aromatic N) is 3. The normalized spacial score (nSPS) is 10.5. The van der Waals surface area contributed by atoms with Gasteiger partial charge < -0.3 is 0 Å². The summed E-state index contributed by atoms with van der Waals surface area (Å²) in [5, 5.41) is 5.06. The van der Waals surface area contributed by atoms with Crippen LogP contribution in [0.5, 0.6) is 0 Å². The van der Waals surface area contributed by atoms with E-state index in [1.807, 2.05) is 13.1 Å². The van der Waals surface area contributed by atoms with Crippen LogP contribution in [0, 0.1) is 6.07 Å². The summed E-state index contributed by atoms with van der Waals surface area (Å²) in [6.45, 7) is 0. The molecule has 0 amide bonds. The molecule has 0 atom stereocenters. The van der Waals surface area contributed by atoms with Gasteiger partial charge >= 0.3 is 0 Å². The molecule has 0 saturated heterocycles. The lowest BCUT2D eigenvalue weighted by atomic mass is 10.4. The van der Waals surface area contributed by atoms with Crippen molar-refractivity contribution in [3.8, 4) is 0 Å². The van der Waals surface area contributed by atoms with Crippen LogP contribution >= 0.6 is 0 Å². The molecule has 2 aromatic rings. The summed E-state index contributed by atoms with van der Waals surface area (Å²) >= 11 is 0. The highest BCUT2D eigenvalue weighted by atomic mass is 15.3. The lowest BCUT2D eigenvalue weighted by Crippen LogP contribution is -1.90. The minimum atomic E-state index is 0.902. The number of aromatic nitrogens is 3. The van der Waals surface area contributed by atoms with E-state index >= 15 is 0 Å². The number of aryl methyl sites for hydroxylation is 1. The molecule has 0 aromatic carbocycles. The van der Waals surface area contributed by atoms with Crippen LogP contribution in [0.2, 0.25) is 0 Å². The predicted molar refractivity (Wildman–Crippen MR) is 37.3 cm³/mol. The molecule has 0 spiro atoms. The first kappa shape index (κ1) is 5.41. The Morgan fingerprint density at radius 2 is 2.50 bits per heavy atom. The maximum Gasteiger partial charge on any atom is 0.157 e. The van der Waals surface area contributed by atoms with Crippen LogP contribution in [0.25, 0.3) is 11.0 Å². The second-order valence-electron chi connectivity index (χ2n) is 2.12. The standard InChI is InChI=1S/C7H6N3/c1-10-7-6(5-9-10)3-2-4-8-7/h3-5H,1H3. The van der Waals surface area contributed by atoms with Crippen LogP contribution in [-0.4, -0.2) is 14.8 Å². The second-order valence-corrected chi connectivity index (χ2v) is 2.12. The summed E-state index contributed by atoms with van der Waals surface area (Å²) in [6.07, 6.45) is 3.42. The van der Waals surface area contributed by atoms with Gasteiger partial charge in [-0.25, -0.2) is 4.98 Å². The Morgan fingerprint density at radius 3 is 3.30 bits per heavy atom. The number of hydrogen-bond donors (Lipinski definition) is 0. The molecule has 1 radical (unpaired) electrons. The molecule has 0 saturated carbocycles. The number of hydrogen-bond acceptors (Lipinski definition) is 2. The average Bonchev–Trinajstić information content (AvgIpc) is 2.34. The predicted octanol–water partition coefficient (Wildman–Crippen LogP) is 0.768. The van der Waals surface area contributed by atoms with E-state index in [1.165, 1.54) is 0 Å². The van der Waals surface area contributed by atoms with Crippen molar-refractivity contribution in [3.63, 3.8) is 0 Å². The zero-order chi connectivity index (χ0) is 6.97. The topological polar surface area (TPSA) is 30.7 Å². The van der Waals surface area contributed by atoms with Crippen molar-refractivity contribution < 1.29 is 0 Å². The van der Waals surface area contributed by atoms with Crippen LogP contribution in [0.15, 0.2) is 18.5 Å². The van der Waals surface area contributed by atoms with E-state index in [1.54, 1.807) is 17.1 Å². The van der Waals surface area contributed by atoms with Crippen LogP contribution in [-0.2, 0) is 7.05 Å². The van der Waals surface area contributed by atoms with Crippen molar-refractivity contribution in [2.75, 3.05) is 0 Å². The Balaban J connectivity index is 2.93. The van der Waals surface area contributed by atoms with Gasteiger partial charge in [-0.1, -0.05) is 0 Å². The van der Waals surface area contributed by atoms with Crippen molar-refractivity contribution >= 4 is 11.0 Å². The van der Waals surface area contributed by atoms with Gasteiger partial charge in [0.2, 0.25) is 0 Å². The zero-order valence-corrected chi connectivity index (χ0v) is 5.57. The van der Waals surface area contributed by atoms with E-state index in [2.05, 4.69) is 16.1 Å². The Kier molecular flexibility index (Phi) is 0.974. The minimum Gasteiger partial charge on any atom is -0.250 e. The van der Waals surface area contributed by atoms with Gasteiger partial charge in [-0.05, 0) is 6.07 Å². The summed E-state index contributed by atoms with van der Waals surface area (Å²) in [4.78, 5) is 4.09. The van der Waals surface area contributed by atoms with Gasteiger partial charge in [-0.3, -0.25) is 4.68 Å². The molecule has 10 heavy (non-hydrogen) atoms. The highest BCUT2D eigenvalue weighted by molar-refractivity contribution is 5.73. The maximum absolute atomic E-state index is 4.09. The number of fused-ring (bicyclic) bond motifs is 1. The second kappa shape index (κ2) is 1.80. The quantitative estimate of drug-likeness (QED) is 0.530. The molecule has 0 aliphatic carbocycles. The summed E-state index contributed by atoms with van der Waals surface area (Å²) < 4.78 is 1.74. The smallest absolute Gasteiger partial charge is 0.157 e. The Morgan fingerprint density at radius 1 is 1.60 bits per heavy atom. The summed E-state index contributed by atoms with van der Waals surface area (Å²) in [6, 6.07) is 4.75. The summed E-state index contributed by atoms with van der Waals surface area (Å²) in [7, 11) is 1.87. The SMILES string of the molecule is Cn1ncc2c[c]cnc21. The lowest BCUT2D eigenvalue weighted by Gasteiger charge is -1.88. The van der Waals surface area contributed by atoms with Gasteiger partial charge in [0.25, 0.3) is 0 Å². The van der Waals surface area contributed by atoms with Crippen molar-refractivity contribution in [1.82, 2.24) is 14.8 Å². The summed E-state index contributed by atoms with van der Waals surface area (Å²) in [5.74, 6) is 0. The summed E-state index contributed by atoms with van der Waals surface area (Å²) in [5.41, 5.74) is 0.902. The molecule has 0 fully saturated rings. The zero-order valence-electron chi connectivity index (χ0n) is 5.57. The van der Waals surface area contributed by atoms with E-state index in [-0.39, 0.29) is 0 Å². The van der Waals surface area contributed by atoms with Gasteiger partial charge in [-0.15, -0.1) is 0 Å². The third-order valence-electron chi connectivity index (χ3n) is 1.43. The van der Waals surface area contributed by atoms with E-state index in [4.69, 9.17) is 0 Å². The molecule has 2 rings (SSSR count). The molecule has 0 aliphatic rings. The molecule has 2 heterocycles. The minimum absolute atomic E-state index is 0.902. The Hall–Kier alpha value is -1.38. The van der Waals surface area contributed by atoms with Crippen LogP contribution in [0.4, 0.5) is 0 Å². The van der Waals surface area contributed by atoms with E-state index in [0.29, 0.717) is 0 Å². The first-order valence-corrected chi connectivity index (χ1v) is 3.02. The maximum atomic E-state index is 4.09. The third-order valence-corrected chi connectivity index (χ3v) is 1.43. The highest BCUT2D eigenvalue weighted by Gasteiger charge is 1.95. The van der Waals surface area contributed by atoms with E-state index in [9.17, 15) is 0 Å². The van der Waals surface area contributed by atoms with Gasteiger partial charge in [0.15, 0.2) is 5.65 Å². The van der Waals surface area contributed by atoms with Gasteiger partial charge in [-0.2, -0.15) is 5.10 Å². The first-order valence-electron chi connectivity index (χ1n) is 3.02. The molecule has 49 valence electrons. The monoisotopic (exact) mass is 132 g/mol. The number of pyridine rings is 1. The molecular formula is C7H6N3. The van der Waals surface area contributed by atoms with E-state index < -0.39 is 0 Å². The Bertz CT molecular complexity index is 350. The lowest BCUT2D eigenvalue weighted by molar-refractivity contribution is 0.786. The molecule has 3 nitrogen and oxygen atoms in total. The number of rotatable bonds is 0. The molecule has 0 N–H and O–H groups in total. The van der Waals surface area contributed by atoms with Gasteiger partial charge in [0.05, 0.1) is 6.20 Å². The Labute approximate surface area is 58.3 Å². The fraction of sp³-hybridized carbons (Fsp3) is 0.143. The highest BCUT2D eigenvalue weighted by Crippen LogP contribution is 2.06. The van der Waals surface area contributed by atoms with E-state index in [0.717, 1.165) is 11.0 Å². The molecular weight excluding hydrogens is 126 g/mol. The van der Waals surface area contributed by atoms with Crippen LogP contribution in [0.3, 0.4) is 0 Å². The van der Waals surface area contributed by atoms with Crippen molar-refractivity contribution in [2.45, 2.75) is 0 Å². The van der Waals surface area contributed by atoms with Gasteiger partial charge in [0.1, 0.15) is 0 Å². The third kappa shape index (κ3) is 0.603. The van der Waals surface area contributed by atoms with Crippen LogP contribution < -0.4 is 0 Å². The fourth-order valence-corrected chi connectivity index (χ4v) is 0.933. The van der Waals surface area contributed by atoms with Crippen molar-refractivity contribution in [2.24, 2.45) is 7.05 Å². The van der Waals surface area contributed by atoms with Crippen molar-refractivity contribution in [1.29, 1.82) is 0 Å². The average molecular weight is 132 g/mol. The fourth-order valence-electron chi connectivity index (χ4n) is 0.933. The largest absolute Gasteiger partial charge is 0.250 e. The molecule has 0 aliphatic heterocycles. The molecule has 0 bridgehead atoms. The molecule has 0 unspecified atom stereocenters. The van der Waals surface area contributed by atoms with Crippen molar-refractivity contribution in [3.05, 3.63) is 24.5 Å². The van der Waals surface area contributed by atoms with Gasteiger partial charge in [0, 0.05) is 24.7 Å². The molecule has 2 aromatic heterocycles. The van der Waals surface area contributed by atoms with Crippen LogP contribution in [0.1, 0.15) is 0 Å². The first-order chi connectivity index (χ1) is 4.88.